The lowest BCUT2D eigenvalue weighted by Crippen LogP contribution is -2.42. The van der Waals surface area contributed by atoms with Crippen LogP contribution in [0.1, 0.15) is 61.6 Å². The maximum atomic E-state index is 9.85. The number of phenols is 1. The summed E-state index contributed by atoms with van der Waals surface area (Å²) in [5, 5.41) is 19.0. The molecule has 2 aromatic rings. The summed E-state index contributed by atoms with van der Waals surface area (Å²) in [4.78, 5) is 0. The average Bonchev–Trinajstić information content (AvgIpc) is 3.05. The van der Waals surface area contributed by atoms with Gasteiger partial charge in [-0.15, -0.1) is 0 Å². The van der Waals surface area contributed by atoms with Gasteiger partial charge in [-0.2, -0.15) is 10.2 Å². The van der Waals surface area contributed by atoms with Gasteiger partial charge >= 0.3 is 0 Å². The molecule has 3 aliphatic rings. The van der Waals surface area contributed by atoms with E-state index in [2.05, 4.69) is 30.2 Å². The quantitative estimate of drug-likeness (QED) is 0.531. The summed E-state index contributed by atoms with van der Waals surface area (Å²) in [6.45, 7) is 2.43. The molecule has 144 valence electrons. The van der Waals surface area contributed by atoms with Gasteiger partial charge < -0.3 is 5.11 Å². The lowest BCUT2D eigenvalue weighted by atomic mass is 9.55. The van der Waals surface area contributed by atoms with Gasteiger partial charge in [0.05, 0.1) is 6.21 Å². The van der Waals surface area contributed by atoms with E-state index in [-0.39, 0.29) is 5.41 Å². The van der Waals surface area contributed by atoms with Crippen LogP contribution < -0.4 is 0 Å². The molecule has 4 atom stereocenters. The van der Waals surface area contributed by atoms with E-state index in [0.29, 0.717) is 17.6 Å². The van der Waals surface area contributed by atoms with Crippen molar-refractivity contribution < 1.29 is 5.11 Å². The molecule has 0 aliphatic heterocycles. The highest BCUT2D eigenvalue weighted by atomic mass is 16.3. The van der Waals surface area contributed by atoms with Gasteiger partial charge in [0.1, 0.15) is 5.75 Å². The fraction of sp³-hybridized carbons (Fsp3) is 0.440. The number of hydrogen-bond donors (Lipinski definition) is 1. The molecule has 0 aromatic heterocycles. The average molecular weight is 373 g/mol. The molecule has 2 saturated carbocycles. The van der Waals surface area contributed by atoms with Crippen LogP contribution >= 0.6 is 0 Å². The second kappa shape index (κ2) is 6.88. The van der Waals surface area contributed by atoms with Crippen LogP contribution in [0.25, 0.3) is 0 Å². The SMILES string of the molecule is C[C@@]12CC[C@H]3c4ccc(O)cc4CC[C@@H]3[C@@H]1CC/C2=N/N=C\c1ccccc1. The van der Waals surface area contributed by atoms with Gasteiger partial charge in [-0.1, -0.05) is 43.3 Å². The molecule has 28 heavy (non-hydrogen) atoms. The molecule has 0 heterocycles. The standard InChI is InChI=1S/C25H28N2O/c1-25-14-13-21-20-10-8-19(28)15-18(20)7-9-22(21)23(25)11-12-24(25)27-26-16-17-5-3-2-4-6-17/h2-6,8,10,15-16,21-23,28H,7,9,11-14H2,1H3/b26-16-,27-24-/t21-,22-,23-,25+/m0/s1. The normalized spacial score (nSPS) is 32.9. The number of aryl methyl sites for hydroxylation is 1. The minimum absolute atomic E-state index is 0.198. The molecule has 2 aromatic carbocycles. The summed E-state index contributed by atoms with van der Waals surface area (Å²) >= 11 is 0. The molecule has 2 fully saturated rings. The molecule has 3 nitrogen and oxygen atoms in total. The highest BCUT2D eigenvalue weighted by Gasteiger charge is 2.53. The first-order valence-corrected chi connectivity index (χ1v) is 10.6. The van der Waals surface area contributed by atoms with Crippen molar-refractivity contribution in [1.29, 1.82) is 0 Å². The zero-order valence-electron chi connectivity index (χ0n) is 16.5. The molecule has 0 radical (unpaired) electrons. The Labute approximate surface area is 167 Å². The Kier molecular flexibility index (Phi) is 4.34. The molecule has 3 heteroatoms. The van der Waals surface area contributed by atoms with Gasteiger partial charge in [0.15, 0.2) is 0 Å². The van der Waals surface area contributed by atoms with Crippen molar-refractivity contribution in [2.75, 3.05) is 0 Å². The van der Waals surface area contributed by atoms with E-state index in [0.717, 1.165) is 24.3 Å². The third-order valence-corrected chi connectivity index (χ3v) is 7.64. The highest BCUT2D eigenvalue weighted by molar-refractivity contribution is 5.93. The van der Waals surface area contributed by atoms with E-state index >= 15 is 0 Å². The number of nitrogens with zero attached hydrogens (tertiary/aromatic N) is 2. The van der Waals surface area contributed by atoms with Gasteiger partial charge in [0, 0.05) is 11.1 Å². The van der Waals surface area contributed by atoms with Crippen LogP contribution in [0.5, 0.6) is 5.75 Å². The first-order chi connectivity index (χ1) is 13.6. The fourth-order valence-electron chi connectivity index (χ4n) is 6.23. The minimum atomic E-state index is 0.198. The second-order valence-electron chi connectivity index (χ2n) is 9.00. The Morgan fingerprint density at radius 3 is 2.75 bits per heavy atom. The number of rotatable bonds is 2. The smallest absolute Gasteiger partial charge is 0.115 e. The van der Waals surface area contributed by atoms with Crippen molar-refractivity contribution in [2.45, 2.75) is 51.4 Å². The van der Waals surface area contributed by atoms with E-state index in [4.69, 9.17) is 5.10 Å². The van der Waals surface area contributed by atoms with Gasteiger partial charge in [0.2, 0.25) is 0 Å². The predicted molar refractivity (Wildman–Crippen MR) is 114 cm³/mol. The summed E-state index contributed by atoms with van der Waals surface area (Å²) in [6, 6.07) is 16.2. The van der Waals surface area contributed by atoms with Crippen LogP contribution in [-0.4, -0.2) is 17.0 Å². The minimum Gasteiger partial charge on any atom is -0.508 e. The molecule has 0 unspecified atom stereocenters. The molecule has 3 aliphatic carbocycles. The van der Waals surface area contributed by atoms with Gasteiger partial charge in [-0.3, -0.25) is 0 Å². The van der Waals surface area contributed by atoms with E-state index < -0.39 is 0 Å². The predicted octanol–water partition coefficient (Wildman–Crippen LogP) is 5.72. The van der Waals surface area contributed by atoms with E-state index in [1.165, 1.54) is 42.5 Å². The monoisotopic (exact) mass is 372 g/mol. The maximum Gasteiger partial charge on any atom is 0.115 e. The highest BCUT2D eigenvalue weighted by Crippen LogP contribution is 2.60. The van der Waals surface area contributed by atoms with Crippen LogP contribution in [-0.2, 0) is 6.42 Å². The third-order valence-electron chi connectivity index (χ3n) is 7.64. The largest absolute Gasteiger partial charge is 0.508 e. The summed E-state index contributed by atoms with van der Waals surface area (Å²) in [7, 11) is 0. The first-order valence-electron chi connectivity index (χ1n) is 10.6. The van der Waals surface area contributed by atoms with Crippen molar-refractivity contribution in [3.05, 3.63) is 65.2 Å². The summed E-state index contributed by atoms with van der Waals surface area (Å²) in [6.07, 6.45) is 8.94. The molecule has 0 spiro atoms. The Hall–Kier alpha value is -2.42. The van der Waals surface area contributed by atoms with E-state index in [1.54, 1.807) is 0 Å². The zero-order valence-corrected chi connectivity index (χ0v) is 16.5. The van der Waals surface area contributed by atoms with Crippen LogP contribution in [0.15, 0.2) is 58.7 Å². The van der Waals surface area contributed by atoms with Gasteiger partial charge in [-0.25, -0.2) is 0 Å². The number of fused-ring (bicyclic) bond motifs is 5. The molecular weight excluding hydrogens is 344 g/mol. The summed E-state index contributed by atoms with van der Waals surface area (Å²) in [5.74, 6) is 2.50. The molecule has 1 N–H and O–H groups in total. The van der Waals surface area contributed by atoms with Crippen molar-refractivity contribution in [1.82, 2.24) is 0 Å². The lowest BCUT2D eigenvalue weighted by Gasteiger charge is -2.49. The lowest BCUT2D eigenvalue weighted by molar-refractivity contribution is 0.0955. The Morgan fingerprint density at radius 2 is 1.89 bits per heavy atom. The van der Waals surface area contributed by atoms with Crippen molar-refractivity contribution >= 4 is 11.9 Å². The van der Waals surface area contributed by atoms with Crippen molar-refractivity contribution in [2.24, 2.45) is 27.5 Å². The van der Waals surface area contributed by atoms with Gasteiger partial charge in [-0.05, 0) is 85.1 Å². The maximum absolute atomic E-state index is 9.85. The number of hydrogen-bond acceptors (Lipinski definition) is 3. The molecule has 5 rings (SSSR count). The summed E-state index contributed by atoms with van der Waals surface area (Å²) in [5.41, 5.74) is 5.46. The van der Waals surface area contributed by atoms with Gasteiger partial charge in [0.25, 0.3) is 0 Å². The number of phenolic OH excluding ortho intramolecular Hbond substituents is 1. The van der Waals surface area contributed by atoms with E-state index in [1.807, 2.05) is 36.5 Å². The van der Waals surface area contributed by atoms with Crippen LogP contribution in [0.2, 0.25) is 0 Å². The third kappa shape index (κ3) is 2.88. The fourth-order valence-corrected chi connectivity index (χ4v) is 6.23. The zero-order chi connectivity index (χ0) is 19.1. The van der Waals surface area contributed by atoms with Crippen LogP contribution in [0.4, 0.5) is 0 Å². The van der Waals surface area contributed by atoms with Crippen molar-refractivity contribution in [3.8, 4) is 5.75 Å². The van der Waals surface area contributed by atoms with E-state index in [9.17, 15) is 5.11 Å². The number of aromatic hydroxyl groups is 1. The van der Waals surface area contributed by atoms with Crippen molar-refractivity contribution in [3.63, 3.8) is 0 Å². The summed E-state index contributed by atoms with van der Waals surface area (Å²) < 4.78 is 0. The molecule has 0 amide bonds. The van der Waals surface area contributed by atoms with Crippen LogP contribution in [0.3, 0.4) is 0 Å². The Balaban J connectivity index is 1.39. The molecule has 0 saturated heterocycles. The Bertz CT molecular complexity index is 933. The Morgan fingerprint density at radius 1 is 1.04 bits per heavy atom. The molecule has 0 bridgehead atoms. The second-order valence-corrected chi connectivity index (χ2v) is 9.00. The number of benzene rings is 2. The van der Waals surface area contributed by atoms with Crippen LogP contribution in [0, 0.1) is 17.3 Å². The molecular formula is C25H28N2O. The topological polar surface area (TPSA) is 45.0 Å². The first kappa shape index (κ1) is 17.7.